The normalized spacial score (nSPS) is 13.8. The van der Waals surface area contributed by atoms with Crippen molar-refractivity contribution in [3.05, 3.63) is 29.3 Å². The van der Waals surface area contributed by atoms with E-state index in [4.69, 9.17) is 0 Å². The minimum atomic E-state index is -3.18. The maximum absolute atomic E-state index is 12.1. The fourth-order valence-corrected chi connectivity index (χ4v) is 3.48. The number of nitrogens with one attached hydrogen (secondary N) is 1. The average molecular weight is 241 g/mol. The van der Waals surface area contributed by atoms with Crippen LogP contribution < -0.4 is 5.32 Å². The highest BCUT2D eigenvalue weighted by atomic mass is 32.2. The van der Waals surface area contributed by atoms with Crippen LogP contribution in [0.1, 0.15) is 18.1 Å². The molecule has 1 N–H and O–H groups in total. The van der Waals surface area contributed by atoms with Crippen LogP contribution in [0.5, 0.6) is 0 Å². The summed E-state index contributed by atoms with van der Waals surface area (Å²) in [6.45, 7) is 5.66. The van der Waals surface area contributed by atoms with Crippen molar-refractivity contribution < 1.29 is 8.42 Å². The maximum atomic E-state index is 12.1. The van der Waals surface area contributed by atoms with Gasteiger partial charge in [0.05, 0.1) is 10.6 Å². The van der Waals surface area contributed by atoms with Crippen LogP contribution in [0.4, 0.5) is 0 Å². The zero-order valence-corrected chi connectivity index (χ0v) is 11.1. The number of hydrogen-bond acceptors (Lipinski definition) is 3. The van der Waals surface area contributed by atoms with Crippen LogP contribution in [-0.4, -0.2) is 27.3 Å². The molecule has 0 fully saturated rings. The number of benzene rings is 1. The molecular formula is C12H19NO2S. The van der Waals surface area contributed by atoms with Crippen LogP contribution in [-0.2, 0) is 9.84 Å². The van der Waals surface area contributed by atoms with E-state index in [-0.39, 0.29) is 11.8 Å². The molecule has 90 valence electrons. The van der Waals surface area contributed by atoms with E-state index in [0.29, 0.717) is 4.90 Å². The largest absolute Gasteiger partial charge is 0.316 e. The molecule has 1 aromatic rings. The van der Waals surface area contributed by atoms with Crippen LogP contribution in [0.2, 0.25) is 0 Å². The molecule has 0 aromatic heterocycles. The summed E-state index contributed by atoms with van der Waals surface area (Å²) >= 11 is 0. The van der Waals surface area contributed by atoms with Crippen molar-refractivity contribution in [2.75, 3.05) is 12.8 Å². The summed E-state index contributed by atoms with van der Waals surface area (Å²) in [6, 6.07) is 5.40. The number of aryl methyl sites for hydroxylation is 2. The zero-order chi connectivity index (χ0) is 12.3. The number of hydrogen-bond donors (Lipinski definition) is 1. The van der Waals surface area contributed by atoms with Gasteiger partial charge >= 0.3 is 0 Å². The zero-order valence-electron chi connectivity index (χ0n) is 10.2. The smallest absolute Gasteiger partial charge is 0.180 e. The summed E-state index contributed by atoms with van der Waals surface area (Å²) in [5.74, 6) is 0.132. The van der Waals surface area contributed by atoms with E-state index in [1.54, 1.807) is 13.1 Å². The first-order valence-electron chi connectivity index (χ1n) is 5.34. The SMILES string of the molecule is CNC(C)CS(=O)(=O)c1ccc(C)cc1C. The van der Waals surface area contributed by atoms with Gasteiger partial charge in [-0.05, 0) is 39.4 Å². The maximum Gasteiger partial charge on any atom is 0.180 e. The molecule has 0 aliphatic carbocycles. The van der Waals surface area contributed by atoms with Crippen LogP contribution >= 0.6 is 0 Å². The van der Waals surface area contributed by atoms with Gasteiger partial charge in [0.15, 0.2) is 9.84 Å². The van der Waals surface area contributed by atoms with Gasteiger partial charge in [0.1, 0.15) is 0 Å². The van der Waals surface area contributed by atoms with Gasteiger partial charge in [-0.15, -0.1) is 0 Å². The molecule has 1 unspecified atom stereocenters. The van der Waals surface area contributed by atoms with Crippen molar-refractivity contribution in [2.45, 2.75) is 31.7 Å². The van der Waals surface area contributed by atoms with E-state index in [0.717, 1.165) is 11.1 Å². The molecule has 1 aromatic carbocycles. The van der Waals surface area contributed by atoms with Crippen molar-refractivity contribution in [3.8, 4) is 0 Å². The summed E-state index contributed by atoms with van der Waals surface area (Å²) in [5, 5.41) is 2.94. The molecule has 0 aliphatic rings. The minimum absolute atomic E-state index is 0.0364. The Kier molecular flexibility index (Phi) is 4.10. The molecule has 16 heavy (non-hydrogen) atoms. The van der Waals surface area contributed by atoms with Gasteiger partial charge in [0, 0.05) is 6.04 Å². The van der Waals surface area contributed by atoms with Crippen LogP contribution in [0.25, 0.3) is 0 Å². The highest BCUT2D eigenvalue weighted by Gasteiger charge is 2.19. The summed E-state index contributed by atoms with van der Waals surface area (Å²) in [5.41, 5.74) is 1.90. The Balaban J connectivity index is 3.08. The van der Waals surface area contributed by atoms with Crippen molar-refractivity contribution in [1.29, 1.82) is 0 Å². The lowest BCUT2D eigenvalue weighted by atomic mass is 10.2. The molecular weight excluding hydrogens is 222 g/mol. The van der Waals surface area contributed by atoms with Crippen molar-refractivity contribution in [2.24, 2.45) is 0 Å². The van der Waals surface area contributed by atoms with Gasteiger partial charge in [-0.25, -0.2) is 8.42 Å². The van der Waals surface area contributed by atoms with E-state index in [1.807, 2.05) is 32.9 Å². The molecule has 1 atom stereocenters. The first kappa shape index (κ1) is 13.2. The molecule has 0 bridgehead atoms. The Morgan fingerprint density at radius 2 is 1.94 bits per heavy atom. The standard InChI is InChI=1S/C12H19NO2S/c1-9-5-6-12(10(2)7-9)16(14,15)8-11(3)13-4/h5-7,11,13H,8H2,1-4H3. The first-order valence-corrected chi connectivity index (χ1v) is 6.99. The number of sulfone groups is 1. The molecule has 3 nitrogen and oxygen atoms in total. The highest BCUT2D eigenvalue weighted by Crippen LogP contribution is 2.18. The lowest BCUT2D eigenvalue weighted by Crippen LogP contribution is -2.30. The van der Waals surface area contributed by atoms with Crippen molar-refractivity contribution in [1.82, 2.24) is 5.32 Å². The van der Waals surface area contributed by atoms with Gasteiger partial charge in [-0.2, -0.15) is 0 Å². The molecule has 0 saturated carbocycles. The van der Waals surface area contributed by atoms with E-state index >= 15 is 0 Å². The fourth-order valence-electron chi connectivity index (χ4n) is 1.65. The lowest BCUT2D eigenvalue weighted by molar-refractivity contribution is 0.578. The van der Waals surface area contributed by atoms with Crippen molar-refractivity contribution in [3.63, 3.8) is 0 Å². The van der Waals surface area contributed by atoms with Crippen LogP contribution in [0.3, 0.4) is 0 Å². The third-order valence-corrected chi connectivity index (χ3v) is 4.69. The van der Waals surface area contributed by atoms with E-state index in [1.165, 1.54) is 0 Å². The van der Waals surface area contributed by atoms with Crippen LogP contribution in [0, 0.1) is 13.8 Å². The average Bonchev–Trinajstić information content (AvgIpc) is 2.16. The first-order chi connectivity index (χ1) is 7.36. The predicted molar refractivity (Wildman–Crippen MR) is 66.5 cm³/mol. The molecule has 1 rings (SSSR count). The van der Waals surface area contributed by atoms with Crippen molar-refractivity contribution >= 4 is 9.84 Å². The minimum Gasteiger partial charge on any atom is -0.316 e. The van der Waals surface area contributed by atoms with Gasteiger partial charge in [-0.3, -0.25) is 0 Å². The quantitative estimate of drug-likeness (QED) is 0.872. The lowest BCUT2D eigenvalue weighted by Gasteiger charge is -2.12. The molecule has 0 radical (unpaired) electrons. The predicted octanol–water partition coefficient (Wildman–Crippen LogP) is 1.69. The number of rotatable bonds is 4. The summed E-state index contributed by atoms with van der Waals surface area (Å²) in [7, 11) is -1.42. The van der Waals surface area contributed by atoms with Crippen LogP contribution in [0.15, 0.2) is 23.1 Å². The molecule has 0 aliphatic heterocycles. The van der Waals surface area contributed by atoms with E-state index in [2.05, 4.69) is 5.32 Å². The topological polar surface area (TPSA) is 46.2 Å². The Labute approximate surface area is 97.8 Å². The monoisotopic (exact) mass is 241 g/mol. The van der Waals surface area contributed by atoms with E-state index < -0.39 is 9.84 Å². The Hall–Kier alpha value is -0.870. The summed E-state index contributed by atoms with van der Waals surface area (Å²) < 4.78 is 24.2. The molecule has 4 heteroatoms. The summed E-state index contributed by atoms with van der Waals surface area (Å²) in [6.07, 6.45) is 0. The van der Waals surface area contributed by atoms with Gasteiger partial charge in [0.2, 0.25) is 0 Å². The third-order valence-electron chi connectivity index (χ3n) is 2.63. The highest BCUT2D eigenvalue weighted by molar-refractivity contribution is 7.91. The Morgan fingerprint density at radius 3 is 2.44 bits per heavy atom. The Morgan fingerprint density at radius 1 is 1.31 bits per heavy atom. The fraction of sp³-hybridized carbons (Fsp3) is 0.500. The summed E-state index contributed by atoms with van der Waals surface area (Å²) in [4.78, 5) is 0.445. The molecule has 0 heterocycles. The third kappa shape index (κ3) is 3.06. The van der Waals surface area contributed by atoms with Gasteiger partial charge in [0.25, 0.3) is 0 Å². The molecule has 0 spiro atoms. The molecule has 0 saturated heterocycles. The Bertz CT molecular complexity index is 466. The second-order valence-corrected chi connectivity index (χ2v) is 6.24. The second-order valence-electron chi connectivity index (χ2n) is 4.24. The second kappa shape index (κ2) is 4.97. The van der Waals surface area contributed by atoms with Gasteiger partial charge in [-0.1, -0.05) is 17.7 Å². The van der Waals surface area contributed by atoms with E-state index in [9.17, 15) is 8.42 Å². The van der Waals surface area contributed by atoms with Gasteiger partial charge < -0.3 is 5.32 Å². The molecule has 0 amide bonds.